The SMILES string of the molecule is CC1CC=C(C(=O)Cc2cc(F)ccc2Cl)CC1. The van der Waals surface area contributed by atoms with E-state index in [1.807, 2.05) is 6.08 Å². The van der Waals surface area contributed by atoms with Crippen molar-refractivity contribution in [1.29, 1.82) is 0 Å². The first-order valence-corrected chi connectivity index (χ1v) is 6.60. The summed E-state index contributed by atoms with van der Waals surface area (Å²) in [5.41, 5.74) is 1.44. The van der Waals surface area contributed by atoms with Crippen LogP contribution in [0.5, 0.6) is 0 Å². The van der Waals surface area contributed by atoms with Crippen LogP contribution in [-0.2, 0) is 11.2 Å². The third kappa shape index (κ3) is 3.20. The van der Waals surface area contributed by atoms with Crippen molar-refractivity contribution in [2.24, 2.45) is 5.92 Å². The highest BCUT2D eigenvalue weighted by atomic mass is 35.5. The lowest BCUT2D eigenvalue weighted by Crippen LogP contribution is -2.12. The lowest BCUT2D eigenvalue weighted by Gasteiger charge is -2.17. The summed E-state index contributed by atoms with van der Waals surface area (Å²) in [4.78, 5) is 12.1. The Morgan fingerprint density at radius 2 is 2.28 bits per heavy atom. The van der Waals surface area contributed by atoms with E-state index >= 15 is 0 Å². The lowest BCUT2D eigenvalue weighted by molar-refractivity contribution is -0.115. The summed E-state index contributed by atoms with van der Waals surface area (Å²) in [7, 11) is 0. The van der Waals surface area contributed by atoms with Gasteiger partial charge in [-0.1, -0.05) is 24.6 Å². The van der Waals surface area contributed by atoms with Gasteiger partial charge in [0.15, 0.2) is 5.78 Å². The van der Waals surface area contributed by atoms with Crippen LogP contribution in [0.1, 0.15) is 31.7 Å². The smallest absolute Gasteiger partial charge is 0.162 e. The second-order valence-electron chi connectivity index (χ2n) is 4.94. The van der Waals surface area contributed by atoms with Crippen molar-refractivity contribution >= 4 is 17.4 Å². The Balaban J connectivity index is 2.09. The Kier molecular flexibility index (Phi) is 4.18. The number of hydrogen-bond donors (Lipinski definition) is 0. The van der Waals surface area contributed by atoms with E-state index in [0.717, 1.165) is 24.8 Å². The molecule has 1 aromatic carbocycles. The molecule has 0 aliphatic heterocycles. The third-order valence-electron chi connectivity index (χ3n) is 3.39. The molecule has 0 saturated carbocycles. The first kappa shape index (κ1) is 13.3. The second-order valence-corrected chi connectivity index (χ2v) is 5.35. The summed E-state index contributed by atoms with van der Waals surface area (Å²) >= 11 is 5.96. The molecular weight excluding hydrogens is 251 g/mol. The molecule has 0 heterocycles. The molecule has 0 fully saturated rings. The van der Waals surface area contributed by atoms with Gasteiger partial charge in [-0.3, -0.25) is 4.79 Å². The minimum absolute atomic E-state index is 0.0643. The highest BCUT2D eigenvalue weighted by Crippen LogP contribution is 2.25. The van der Waals surface area contributed by atoms with Gasteiger partial charge >= 0.3 is 0 Å². The highest BCUT2D eigenvalue weighted by molar-refractivity contribution is 6.31. The maximum Gasteiger partial charge on any atom is 0.162 e. The Morgan fingerprint density at radius 3 is 2.94 bits per heavy atom. The summed E-state index contributed by atoms with van der Waals surface area (Å²) in [5.74, 6) is 0.363. The van der Waals surface area contributed by atoms with Crippen LogP contribution in [0.4, 0.5) is 4.39 Å². The van der Waals surface area contributed by atoms with Crippen molar-refractivity contribution in [3.63, 3.8) is 0 Å². The Bertz CT molecular complexity index is 493. The molecular formula is C15H16ClFO. The number of Topliss-reactive ketones (excluding diaryl/α,β-unsaturated/α-hetero) is 1. The van der Waals surface area contributed by atoms with Gasteiger partial charge < -0.3 is 0 Å². The molecule has 1 unspecified atom stereocenters. The van der Waals surface area contributed by atoms with Crippen LogP contribution >= 0.6 is 11.6 Å². The molecule has 0 amide bonds. The number of carbonyl (C=O) groups excluding carboxylic acids is 1. The van der Waals surface area contributed by atoms with Crippen LogP contribution in [-0.4, -0.2) is 5.78 Å². The van der Waals surface area contributed by atoms with Gasteiger partial charge in [0.1, 0.15) is 5.82 Å². The van der Waals surface area contributed by atoms with E-state index in [1.165, 1.54) is 18.2 Å². The van der Waals surface area contributed by atoms with Gasteiger partial charge in [0, 0.05) is 11.4 Å². The fourth-order valence-electron chi connectivity index (χ4n) is 2.18. The zero-order valence-electron chi connectivity index (χ0n) is 10.4. The average molecular weight is 267 g/mol. The van der Waals surface area contributed by atoms with Crippen molar-refractivity contribution in [2.45, 2.75) is 32.6 Å². The van der Waals surface area contributed by atoms with Crippen molar-refractivity contribution < 1.29 is 9.18 Å². The monoisotopic (exact) mass is 266 g/mol. The first-order chi connectivity index (χ1) is 8.56. The van der Waals surface area contributed by atoms with E-state index in [2.05, 4.69) is 6.92 Å². The minimum atomic E-state index is -0.353. The predicted molar refractivity (Wildman–Crippen MR) is 71.2 cm³/mol. The normalized spacial score (nSPS) is 19.5. The van der Waals surface area contributed by atoms with Crippen molar-refractivity contribution in [3.05, 3.63) is 46.3 Å². The van der Waals surface area contributed by atoms with Crippen molar-refractivity contribution in [1.82, 2.24) is 0 Å². The van der Waals surface area contributed by atoms with Crippen LogP contribution in [0, 0.1) is 11.7 Å². The van der Waals surface area contributed by atoms with Crippen LogP contribution in [0.15, 0.2) is 29.8 Å². The summed E-state index contributed by atoms with van der Waals surface area (Å²) in [6, 6.07) is 4.14. The predicted octanol–water partition coefficient (Wildman–Crippen LogP) is 4.34. The Morgan fingerprint density at radius 1 is 1.50 bits per heavy atom. The molecule has 1 aliphatic carbocycles. The Labute approximate surface area is 112 Å². The van der Waals surface area contributed by atoms with Crippen molar-refractivity contribution in [3.8, 4) is 0 Å². The minimum Gasteiger partial charge on any atom is -0.294 e. The third-order valence-corrected chi connectivity index (χ3v) is 3.76. The number of carbonyl (C=O) groups is 1. The number of rotatable bonds is 3. The summed E-state index contributed by atoms with van der Waals surface area (Å²) in [5, 5.41) is 0.453. The van der Waals surface area contributed by atoms with Crippen LogP contribution in [0.3, 0.4) is 0 Å². The summed E-state index contributed by atoms with van der Waals surface area (Å²) in [6.45, 7) is 2.18. The van der Waals surface area contributed by atoms with E-state index < -0.39 is 0 Å². The number of ketones is 1. The molecule has 0 radical (unpaired) electrons. The number of hydrogen-bond acceptors (Lipinski definition) is 1. The number of allylic oxidation sites excluding steroid dienone is 2. The quantitative estimate of drug-likeness (QED) is 0.795. The standard InChI is InChI=1S/C15H16ClFO/c1-10-2-4-11(5-3-10)15(18)9-12-8-13(17)6-7-14(12)16/h4,6-8,10H,2-3,5,9H2,1H3. The molecule has 0 aromatic heterocycles. The fraction of sp³-hybridized carbons (Fsp3) is 0.400. The van der Waals surface area contributed by atoms with E-state index in [4.69, 9.17) is 11.6 Å². The number of benzene rings is 1. The molecule has 1 aromatic rings. The highest BCUT2D eigenvalue weighted by Gasteiger charge is 2.17. The fourth-order valence-corrected chi connectivity index (χ4v) is 2.37. The largest absolute Gasteiger partial charge is 0.294 e. The molecule has 1 atom stereocenters. The van der Waals surface area contributed by atoms with Gasteiger partial charge in [0.2, 0.25) is 0 Å². The van der Waals surface area contributed by atoms with Gasteiger partial charge in [0.05, 0.1) is 0 Å². The molecule has 18 heavy (non-hydrogen) atoms. The molecule has 3 heteroatoms. The van der Waals surface area contributed by atoms with E-state index in [0.29, 0.717) is 16.5 Å². The molecule has 0 spiro atoms. The van der Waals surface area contributed by atoms with Crippen LogP contribution < -0.4 is 0 Å². The summed E-state index contributed by atoms with van der Waals surface area (Å²) < 4.78 is 13.1. The molecule has 0 N–H and O–H groups in total. The van der Waals surface area contributed by atoms with E-state index in [9.17, 15) is 9.18 Å². The molecule has 0 saturated heterocycles. The van der Waals surface area contributed by atoms with Crippen LogP contribution in [0.2, 0.25) is 5.02 Å². The van der Waals surface area contributed by atoms with Crippen molar-refractivity contribution in [2.75, 3.05) is 0 Å². The van der Waals surface area contributed by atoms with Gasteiger partial charge in [-0.25, -0.2) is 4.39 Å². The molecule has 96 valence electrons. The maximum atomic E-state index is 13.1. The van der Waals surface area contributed by atoms with Gasteiger partial charge in [0.25, 0.3) is 0 Å². The van der Waals surface area contributed by atoms with Gasteiger partial charge in [-0.05, 0) is 54.5 Å². The van der Waals surface area contributed by atoms with Gasteiger partial charge in [-0.2, -0.15) is 0 Å². The second kappa shape index (κ2) is 5.66. The summed E-state index contributed by atoms with van der Waals surface area (Å²) in [6.07, 6.45) is 5.04. The molecule has 1 nitrogen and oxygen atoms in total. The maximum absolute atomic E-state index is 13.1. The van der Waals surface area contributed by atoms with E-state index in [-0.39, 0.29) is 18.0 Å². The lowest BCUT2D eigenvalue weighted by atomic mass is 9.88. The molecule has 0 bridgehead atoms. The number of halogens is 2. The van der Waals surface area contributed by atoms with Crippen LogP contribution in [0.25, 0.3) is 0 Å². The topological polar surface area (TPSA) is 17.1 Å². The average Bonchev–Trinajstić information content (AvgIpc) is 2.34. The molecule has 1 aliphatic rings. The zero-order chi connectivity index (χ0) is 13.1. The molecule has 2 rings (SSSR count). The Hall–Kier alpha value is -1.15. The van der Waals surface area contributed by atoms with Gasteiger partial charge in [-0.15, -0.1) is 0 Å². The van der Waals surface area contributed by atoms with E-state index in [1.54, 1.807) is 0 Å². The first-order valence-electron chi connectivity index (χ1n) is 6.22. The zero-order valence-corrected chi connectivity index (χ0v) is 11.1.